The fourth-order valence-corrected chi connectivity index (χ4v) is 2.23. The van der Waals surface area contributed by atoms with Crippen LogP contribution in [0.1, 0.15) is 20.8 Å². The van der Waals surface area contributed by atoms with Crippen molar-refractivity contribution in [3.05, 3.63) is 18.2 Å². The number of carbonyl (C=O) groups excluding carboxylic acids is 1. The third-order valence-corrected chi connectivity index (χ3v) is 3.43. The van der Waals surface area contributed by atoms with Crippen molar-refractivity contribution >= 4 is 23.4 Å². The molecule has 1 amide bonds. The second kappa shape index (κ2) is 7.94. The van der Waals surface area contributed by atoms with Crippen LogP contribution in [0.15, 0.2) is 23.1 Å². The van der Waals surface area contributed by atoms with E-state index in [0.29, 0.717) is 30.5 Å². The summed E-state index contributed by atoms with van der Waals surface area (Å²) in [6, 6.07) is 5.51. The number of carbonyl (C=O) groups is 1. The van der Waals surface area contributed by atoms with Gasteiger partial charge < -0.3 is 15.8 Å². The number of thioether (sulfide) groups is 1. The first-order chi connectivity index (χ1) is 9.02. The lowest BCUT2D eigenvalue weighted by atomic mass is 10.2. The van der Waals surface area contributed by atoms with Crippen LogP contribution in [0.5, 0.6) is 5.75 Å². The maximum Gasteiger partial charge on any atom is 0.230 e. The Morgan fingerprint density at radius 1 is 1.47 bits per heavy atom. The number of nitrogens with one attached hydrogen (secondary N) is 1. The number of anilines is 1. The van der Waals surface area contributed by atoms with Gasteiger partial charge in [-0.3, -0.25) is 4.79 Å². The van der Waals surface area contributed by atoms with E-state index in [9.17, 15) is 4.79 Å². The van der Waals surface area contributed by atoms with Crippen LogP contribution in [0.25, 0.3) is 0 Å². The molecule has 1 aromatic rings. The van der Waals surface area contributed by atoms with Gasteiger partial charge in [0.2, 0.25) is 5.91 Å². The topological polar surface area (TPSA) is 64.3 Å². The molecule has 3 N–H and O–H groups in total. The van der Waals surface area contributed by atoms with Gasteiger partial charge in [0, 0.05) is 17.1 Å². The highest BCUT2D eigenvalue weighted by molar-refractivity contribution is 8.00. The van der Waals surface area contributed by atoms with Crippen LogP contribution in [0.3, 0.4) is 0 Å². The van der Waals surface area contributed by atoms with Crippen LogP contribution in [0.2, 0.25) is 0 Å². The van der Waals surface area contributed by atoms with Crippen LogP contribution in [0.4, 0.5) is 5.69 Å². The van der Waals surface area contributed by atoms with E-state index >= 15 is 0 Å². The normalized spacial score (nSPS) is 10.5. The highest BCUT2D eigenvalue weighted by Crippen LogP contribution is 2.29. The summed E-state index contributed by atoms with van der Waals surface area (Å²) in [5.74, 6) is 1.63. The molecule has 0 aliphatic heterocycles. The predicted molar refractivity (Wildman–Crippen MR) is 80.6 cm³/mol. The molecule has 0 aliphatic carbocycles. The number of nitrogens with two attached hydrogens (primary N) is 1. The standard InChI is InChI=1S/C14H22N2O2S/c1-4-18-11-5-6-12(15)13(7-11)19-9-14(17)16-8-10(2)3/h5-7,10H,4,8-9,15H2,1-3H3,(H,16,17). The Labute approximate surface area is 119 Å². The van der Waals surface area contributed by atoms with Crippen molar-refractivity contribution in [2.24, 2.45) is 5.92 Å². The van der Waals surface area contributed by atoms with Crippen molar-refractivity contribution in [2.45, 2.75) is 25.7 Å². The van der Waals surface area contributed by atoms with Crippen molar-refractivity contribution < 1.29 is 9.53 Å². The molecule has 0 unspecified atom stereocenters. The lowest BCUT2D eigenvalue weighted by Crippen LogP contribution is -2.28. The average Bonchev–Trinajstić information content (AvgIpc) is 2.37. The van der Waals surface area contributed by atoms with Gasteiger partial charge in [-0.2, -0.15) is 0 Å². The monoisotopic (exact) mass is 282 g/mol. The molecule has 0 saturated carbocycles. The van der Waals surface area contributed by atoms with Gasteiger partial charge in [0.25, 0.3) is 0 Å². The van der Waals surface area contributed by atoms with Crippen molar-refractivity contribution in [1.29, 1.82) is 0 Å². The molecule has 0 radical (unpaired) electrons. The number of hydrogen-bond acceptors (Lipinski definition) is 4. The van der Waals surface area contributed by atoms with Gasteiger partial charge in [0.05, 0.1) is 12.4 Å². The van der Waals surface area contributed by atoms with Crippen molar-refractivity contribution in [3.63, 3.8) is 0 Å². The zero-order valence-electron chi connectivity index (χ0n) is 11.7. The summed E-state index contributed by atoms with van der Waals surface area (Å²) in [6.07, 6.45) is 0. The lowest BCUT2D eigenvalue weighted by molar-refractivity contribution is -0.118. The first kappa shape index (κ1) is 15.7. The molecular formula is C14H22N2O2S. The van der Waals surface area contributed by atoms with E-state index in [1.54, 1.807) is 6.07 Å². The van der Waals surface area contributed by atoms with Gasteiger partial charge in [-0.15, -0.1) is 11.8 Å². The van der Waals surface area contributed by atoms with Gasteiger partial charge in [-0.05, 0) is 31.0 Å². The largest absolute Gasteiger partial charge is 0.494 e. The van der Waals surface area contributed by atoms with Crippen molar-refractivity contribution in [2.75, 3.05) is 24.6 Å². The number of hydrogen-bond donors (Lipinski definition) is 2. The van der Waals surface area contributed by atoms with Crippen LogP contribution >= 0.6 is 11.8 Å². The Kier molecular flexibility index (Phi) is 6.56. The Morgan fingerprint density at radius 3 is 2.84 bits per heavy atom. The van der Waals surface area contributed by atoms with Crippen LogP contribution in [-0.2, 0) is 4.79 Å². The molecule has 4 nitrogen and oxygen atoms in total. The maximum absolute atomic E-state index is 11.6. The Bertz CT molecular complexity index is 422. The molecule has 0 saturated heterocycles. The maximum atomic E-state index is 11.6. The lowest BCUT2D eigenvalue weighted by Gasteiger charge is -2.10. The number of rotatable bonds is 7. The van der Waals surface area contributed by atoms with Crippen LogP contribution in [0, 0.1) is 5.92 Å². The molecule has 0 bridgehead atoms. The highest BCUT2D eigenvalue weighted by Gasteiger charge is 2.07. The number of nitrogen functional groups attached to an aromatic ring is 1. The van der Waals surface area contributed by atoms with Gasteiger partial charge in [-0.25, -0.2) is 0 Å². The van der Waals surface area contributed by atoms with E-state index in [2.05, 4.69) is 19.2 Å². The summed E-state index contributed by atoms with van der Waals surface area (Å²) in [4.78, 5) is 12.5. The number of amides is 1. The Hall–Kier alpha value is -1.36. The van der Waals surface area contributed by atoms with Crippen LogP contribution in [-0.4, -0.2) is 24.8 Å². The number of benzene rings is 1. The van der Waals surface area contributed by atoms with E-state index in [-0.39, 0.29) is 5.91 Å². The smallest absolute Gasteiger partial charge is 0.230 e. The zero-order valence-corrected chi connectivity index (χ0v) is 12.5. The SMILES string of the molecule is CCOc1ccc(N)c(SCC(=O)NCC(C)C)c1. The third-order valence-electron chi connectivity index (χ3n) is 2.36. The predicted octanol–water partition coefficient (Wildman–Crippen LogP) is 2.53. The van der Waals surface area contributed by atoms with E-state index in [4.69, 9.17) is 10.5 Å². The molecule has 1 aromatic carbocycles. The summed E-state index contributed by atoms with van der Waals surface area (Å²) in [5, 5.41) is 2.88. The quantitative estimate of drug-likeness (QED) is 0.596. The fraction of sp³-hybridized carbons (Fsp3) is 0.500. The van der Waals surface area contributed by atoms with E-state index < -0.39 is 0 Å². The van der Waals surface area contributed by atoms with Gasteiger partial charge in [-0.1, -0.05) is 13.8 Å². The van der Waals surface area contributed by atoms with E-state index in [1.807, 2.05) is 19.1 Å². The Balaban J connectivity index is 2.52. The summed E-state index contributed by atoms with van der Waals surface area (Å²) in [7, 11) is 0. The first-order valence-corrected chi connectivity index (χ1v) is 7.43. The summed E-state index contributed by atoms with van der Waals surface area (Å²) in [6.45, 7) is 7.38. The van der Waals surface area contributed by atoms with Gasteiger partial charge in [0.1, 0.15) is 5.75 Å². The van der Waals surface area contributed by atoms with E-state index in [1.165, 1.54) is 11.8 Å². The third kappa shape index (κ3) is 5.87. The van der Waals surface area contributed by atoms with Gasteiger partial charge in [0.15, 0.2) is 0 Å². The second-order valence-corrected chi connectivity index (χ2v) is 5.64. The number of ether oxygens (including phenoxy) is 1. The molecule has 1 rings (SSSR count). The minimum atomic E-state index is 0.0277. The molecular weight excluding hydrogens is 260 g/mol. The molecule has 0 heterocycles. The van der Waals surface area contributed by atoms with Gasteiger partial charge >= 0.3 is 0 Å². The van der Waals surface area contributed by atoms with Crippen LogP contribution < -0.4 is 15.8 Å². The average molecular weight is 282 g/mol. The van der Waals surface area contributed by atoms with Crippen molar-refractivity contribution in [3.8, 4) is 5.75 Å². The van der Waals surface area contributed by atoms with Crippen molar-refractivity contribution in [1.82, 2.24) is 5.32 Å². The zero-order chi connectivity index (χ0) is 14.3. The molecule has 0 atom stereocenters. The summed E-state index contributed by atoms with van der Waals surface area (Å²) >= 11 is 1.43. The minimum absolute atomic E-state index is 0.0277. The Morgan fingerprint density at radius 2 is 2.21 bits per heavy atom. The molecule has 0 aromatic heterocycles. The fourth-order valence-electron chi connectivity index (χ4n) is 1.41. The summed E-state index contributed by atoms with van der Waals surface area (Å²) in [5.41, 5.74) is 6.56. The molecule has 5 heteroatoms. The molecule has 19 heavy (non-hydrogen) atoms. The molecule has 0 aliphatic rings. The molecule has 106 valence electrons. The molecule has 0 spiro atoms. The summed E-state index contributed by atoms with van der Waals surface area (Å²) < 4.78 is 5.42. The second-order valence-electron chi connectivity index (χ2n) is 4.62. The highest BCUT2D eigenvalue weighted by atomic mass is 32.2. The van der Waals surface area contributed by atoms with E-state index in [0.717, 1.165) is 10.6 Å². The molecule has 0 fully saturated rings. The first-order valence-electron chi connectivity index (χ1n) is 6.44. The minimum Gasteiger partial charge on any atom is -0.494 e.